The van der Waals surface area contributed by atoms with Crippen LogP contribution in [0, 0.1) is 0 Å². The van der Waals surface area contributed by atoms with Crippen LogP contribution in [0.25, 0.3) is 0 Å². The predicted molar refractivity (Wildman–Crippen MR) is 80.8 cm³/mol. The number of piperidine rings is 1. The number of rotatable bonds is 1. The summed E-state index contributed by atoms with van der Waals surface area (Å²) in [5.41, 5.74) is 0.866. The molecule has 0 aromatic heterocycles. The van der Waals surface area contributed by atoms with Crippen LogP contribution < -0.4 is 5.32 Å². The number of anilines is 1. The van der Waals surface area contributed by atoms with Gasteiger partial charge in [-0.15, -0.1) is 0 Å². The third-order valence-electron chi connectivity index (χ3n) is 2.82. The molecule has 0 saturated carbocycles. The number of hydrogen-bond acceptors (Lipinski definition) is 1. The van der Waals surface area contributed by atoms with Crippen LogP contribution in [0.15, 0.2) is 22.7 Å². The van der Waals surface area contributed by atoms with Gasteiger partial charge >= 0.3 is 0 Å². The quantitative estimate of drug-likeness (QED) is 0.772. The molecule has 5 heteroatoms. The fourth-order valence-electron chi connectivity index (χ4n) is 1.88. The van der Waals surface area contributed by atoms with Gasteiger partial charge in [-0.1, -0.05) is 27.5 Å². The summed E-state index contributed by atoms with van der Waals surface area (Å²) < 4.78 is 0.969. The highest BCUT2D eigenvalue weighted by atomic mass is 79.9. The lowest BCUT2D eigenvalue weighted by Gasteiger charge is -2.29. The van der Waals surface area contributed by atoms with Gasteiger partial charge in [0.15, 0.2) is 5.11 Å². The molecule has 0 spiro atoms. The second-order valence-electron chi connectivity index (χ2n) is 4.10. The van der Waals surface area contributed by atoms with E-state index >= 15 is 0 Å². The minimum Gasteiger partial charge on any atom is -0.349 e. The van der Waals surface area contributed by atoms with Crippen LogP contribution >= 0.6 is 39.7 Å². The van der Waals surface area contributed by atoms with Crippen LogP contribution in [0.3, 0.4) is 0 Å². The highest BCUT2D eigenvalue weighted by Crippen LogP contribution is 2.26. The Morgan fingerprint density at radius 2 is 2.00 bits per heavy atom. The summed E-state index contributed by atoms with van der Waals surface area (Å²) in [6.07, 6.45) is 3.74. The normalized spacial score (nSPS) is 15.8. The highest BCUT2D eigenvalue weighted by Gasteiger charge is 2.14. The van der Waals surface area contributed by atoms with Crippen LogP contribution in [0.5, 0.6) is 0 Å². The second-order valence-corrected chi connectivity index (χ2v) is 5.81. The van der Waals surface area contributed by atoms with Crippen LogP contribution in [0.1, 0.15) is 19.3 Å². The SMILES string of the molecule is S=C(Nc1ccc(Br)cc1Cl)N1CCCCC1. The van der Waals surface area contributed by atoms with E-state index in [2.05, 4.69) is 26.1 Å². The second kappa shape index (κ2) is 6.03. The number of nitrogens with zero attached hydrogens (tertiary/aromatic N) is 1. The topological polar surface area (TPSA) is 15.3 Å². The largest absolute Gasteiger partial charge is 0.349 e. The van der Waals surface area contributed by atoms with Crippen molar-refractivity contribution in [3.05, 3.63) is 27.7 Å². The van der Waals surface area contributed by atoms with Crippen molar-refractivity contribution < 1.29 is 0 Å². The van der Waals surface area contributed by atoms with E-state index in [1.54, 1.807) is 0 Å². The fourth-order valence-corrected chi connectivity index (χ4v) is 2.90. The third kappa shape index (κ3) is 3.57. The summed E-state index contributed by atoms with van der Waals surface area (Å²) in [7, 11) is 0. The molecule has 17 heavy (non-hydrogen) atoms. The Hall–Kier alpha value is -0.320. The number of hydrogen-bond donors (Lipinski definition) is 1. The van der Waals surface area contributed by atoms with E-state index in [0.29, 0.717) is 5.02 Å². The molecule has 2 nitrogen and oxygen atoms in total. The standard InChI is InChI=1S/C12H14BrClN2S/c13-9-4-5-11(10(14)8-9)15-12(17)16-6-2-1-3-7-16/h4-5,8H,1-3,6-7H2,(H,15,17). The monoisotopic (exact) mass is 332 g/mol. The number of likely N-dealkylation sites (tertiary alicyclic amines) is 1. The van der Waals surface area contributed by atoms with Crippen molar-refractivity contribution in [2.75, 3.05) is 18.4 Å². The first-order chi connectivity index (χ1) is 8.16. The van der Waals surface area contributed by atoms with E-state index < -0.39 is 0 Å². The van der Waals surface area contributed by atoms with Crippen LogP contribution in [-0.4, -0.2) is 23.1 Å². The summed E-state index contributed by atoms with van der Waals surface area (Å²) >= 11 is 14.9. The highest BCUT2D eigenvalue weighted by molar-refractivity contribution is 9.10. The molecule has 2 rings (SSSR count). The fraction of sp³-hybridized carbons (Fsp3) is 0.417. The first-order valence-electron chi connectivity index (χ1n) is 5.68. The van der Waals surface area contributed by atoms with Crippen molar-refractivity contribution in [3.8, 4) is 0 Å². The van der Waals surface area contributed by atoms with Gasteiger partial charge in [-0.2, -0.15) is 0 Å². The van der Waals surface area contributed by atoms with Crippen molar-refractivity contribution in [2.45, 2.75) is 19.3 Å². The molecule has 1 aromatic rings. The van der Waals surface area contributed by atoms with Crippen LogP contribution in [0.2, 0.25) is 5.02 Å². The summed E-state index contributed by atoms with van der Waals surface area (Å²) in [6, 6.07) is 5.75. The molecular formula is C12H14BrClN2S. The lowest BCUT2D eigenvalue weighted by molar-refractivity contribution is 0.346. The molecule has 1 N–H and O–H groups in total. The van der Waals surface area contributed by atoms with Crippen molar-refractivity contribution in [1.29, 1.82) is 0 Å². The Morgan fingerprint density at radius 1 is 1.29 bits per heavy atom. The molecule has 1 aromatic carbocycles. The maximum absolute atomic E-state index is 6.14. The molecule has 92 valence electrons. The van der Waals surface area contributed by atoms with Crippen molar-refractivity contribution >= 4 is 50.5 Å². The number of thiocarbonyl (C=S) groups is 1. The van der Waals surface area contributed by atoms with E-state index in [-0.39, 0.29) is 0 Å². The molecule has 1 aliphatic rings. The molecule has 1 heterocycles. The Kier molecular flexibility index (Phi) is 4.65. The first kappa shape index (κ1) is 13.1. The van der Waals surface area contributed by atoms with E-state index in [1.807, 2.05) is 18.2 Å². The van der Waals surface area contributed by atoms with Gasteiger partial charge in [0.05, 0.1) is 10.7 Å². The van der Waals surface area contributed by atoms with Gasteiger partial charge in [0.1, 0.15) is 0 Å². The van der Waals surface area contributed by atoms with Gasteiger partial charge in [-0.3, -0.25) is 0 Å². The summed E-state index contributed by atoms with van der Waals surface area (Å²) in [6.45, 7) is 2.08. The van der Waals surface area contributed by atoms with Crippen LogP contribution in [-0.2, 0) is 0 Å². The summed E-state index contributed by atoms with van der Waals surface area (Å²) in [5.74, 6) is 0. The number of nitrogens with one attached hydrogen (secondary N) is 1. The van der Waals surface area contributed by atoms with Gasteiger partial charge in [-0.25, -0.2) is 0 Å². The van der Waals surface area contributed by atoms with E-state index in [0.717, 1.165) is 28.4 Å². The zero-order valence-electron chi connectivity index (χ0n) is 9.38. The van der Waals surface area contributed by atoms with Crippen molar-refractivity contribution in [1.82, 2.24) is 4.90 Å². The molecule has 1 aliphatic heterocycles. The predicted octanol–water partition coefficient (Wildman–Crippen LogP) is 4.29. The van der Waals surface area contributed by atoms with Gasteiger partial charge in [-0.05, 0) is 49.7 Å². The van der Waals surface area contributed by atoms with Gasteiger partial charge in [0.2, 0.25) is 0 Å². The van der Waals surface area contributed by atoms with Gasteiger partial charge in [0, 0.05) is 17.6 Å². The first-order valence-corrected chi connectivity index (χ1v) is 7.26. The molecule has 1 fully saturated rings. The van der Waals surface area contributed by atoms with Crippen molar-refractivity contribution in [3.63, 3.8) is 0 Å². The lowest BCUT2D eigenvalue weighted by atomic mass is 10.1. The van der Waals surface area contributed by atoms with Crippen molar-refractivity contribution in [2.24, 2.45) is 0 Å². The average molecular weight is 334 g/mol. The Labute approximate surface area is 120 Å². The molecule has 0 bridgehead atoms. The molecule has 0 amide bonds. The Balaban J connectivity index is 2.02. The molecule has 0 aliphatic carbocycles. The average Bonchev–Trinajstić information content (AvgIpc) is 2.34. The Morgan fingerprint density at radius 3 is 2.65 bits per heavy atom. The minimum absolute atomic E-state index is 0.679. The smallest absolute Gasteiger partial charge is 0.173 e. The number of benzene rings is 1. The molecule has 0 atom stereocenters. The molecular weight excluding hydrogens is 320 g/mol. The number of halogens is 2. The minimum atomic E-state index is 0.679. The van der Waals surface area contributed by atoms with E-state index in [1.165, 1.54) is 19.3 Å². The molecule has 0 radical (unpaired) electrons. The zero-order valence-corrected chi connectivity index (χ0v) is 12.5. The molecule has 1 saturated heterocycles. The molecule has 0 unspecified atom stereocenters. The van der Waals surface area contributed by atoms with Crippen LogP contribution in [0.4, 0.5) is 5.69 Å². The maximum Gasteiger partial charge on any atom is 0.173 e. The zero-order chi connectivity index (χ0) is 12.3. The summed E-state index contributed by atoms with van der Waals surface area (Å²) in [5, 5.41) is 4.66. The third-order valence-corrected chi connectivity index (χ3v) is 3.98. The van der Waals surface area contributed by atoms with Gasteiger partial charge in [0.25, 0.3) is 0 Å². The lowest BCUT2D eigenvalue weighted by Crippen LogP contribution is -2.38. The Bertz CT molecular complexity index is 419. The summed E-state index contributed by atoms with van der Waals surface area (Å²) in [4.78, 5) is 2.21. The van der Waals surface area contributed by atoms with Gasteiger partial charge < -0.3 is 10.2 Å². The van der Waals surface area contributed by atoms with E-state index in [9.17, 15) is 0 Å². The maximum atomic E-state index is 6.14. The van der Waals surface area contributed by atoms with E-state index in [4.69, 9.17) is 23.8 Å².